The SMILES string of the molecule is Cc1ccc(-c2nnc(-c3ccc(N4CCC(c5ccccc5)CC4)nc3)s2)cc1. The number of hydrogen-bond acceptors (Lipinski definition) is 5. The van der Waals surface area contributed by atoms with E-state index in [2.05, 4.69) is 88.8 Å². The Bertz CT molecular complexity index is 1100. The molecular weight excluding hydrogens is 388 g/mol. The lowest BCUT2D eigenvalue weighted by Crippen LogP contribution is -2.33. The van der Waals surface area contributed by atoms with Crippen LogP contribution in [0.3, 0.4) is 0 Å². The zero-order valence-electron chi connectivity index (χ0n) is 17.0. The van der Waals surface area contributed by atoms with Crippen molar-refractivity contribution in [3.8, 4) is 21.1 Å². The highest BCUT2D eigenvalue weighted by atomic mass is 32.1. The molecule has 150 valence electrons. The zero-order valence-corrected chi connectivity index (χ0v) is 17.8. The molecule has 4 nitrogen and oxygen atoms in total. The molecule has 3 heterocycles. The second-order valence-electron chi connectivity index (χ2n) is 7.86. The van der Waals surface area contributed by atoms with Gasteiger partial charge in [-0.1, -0.05) is 71.5 Å². The van der Waals surface area contributed by atoms with E-state index in [1.807, 2.05) is 6.20 Å². The normalized spacial score (nSPS) is 14.8. The van der Waals surface area contributed by atoms with Crippen molar-refractivity contribution < 1.29 is 0 Å². The van der Waals surface area contributed by atoms with Crippen molar-refractivity contribution >= 4 is 17.2 Å². The third-order valence-corrected chi connectivity index (χ3v) is 6.83. The number of anilines is 1. The predicted molar refractivity (Wildman–Crippen MR) is 124 cm³/mol. The molecule has 0 N–H and O–H groups in total. The van der Waals surface area contributed by atoms with Gasteiger partial charge in [-0.2, -0.15) is 0 Å². The van der Waals surface area contributed by atoms with Crippen LogP contribution in [0.2, 0.25) is 0 Å². The van der Waals surface area contributed by atoms with Crippen LogP contribution < -0.4 is 4.90 Å². The first kappa shape index (κ1) is 18.9. The maximum atomic E-state index is 4.73. The summed E-state index contributed by atoms with van der Waals surface area (Å²) in [6.07, 6.45) is 4.27. The summed E-state index contributed by atoms with van der Waals surface area (Å²) in [4.78, 5) is 7.12. The van der Waals surface area contributed by atoms with E-state index in [9.17, 15) is 0 Å². The molecule has 2 aromatic carbocycles. The standard InChI is InChI=1S/C25H24N4S/c1-18-7-9-21(10-8-18)24-27-28-25(30-24)22-11-12-23(26-17-22)29-15-13-20(14-16-29)19-5-3-2-4-6-19/h2-12,17,20H,13-16H2,1H3. The minimum atomic E-state index is 0.656. The maximum absolute atomic E-state index is 4.73. The van der Waals surface area contributed by atoms with Gasteiger partial charge in [-0.15, -0.1) is 10.2 Å². The Kier molecular flexibility index (Phi) is 5.28. The highest BCUT2D eigenvalue weighted by Crippen LogP contribution is 2.32. The second-order valence-corrected chi connectivity index (χ2v) is 8.83. The molecule has 0 unspecified atom stereocenters. The third kappa shape index (κ3) is 3.98. The summed E-state index contributed by atoms with van der Waals surface area (Å²) in [5, 5.41) is 10.6. The molecule has 5 rings (SSSR count). The van der Waals surface area contributed by atoms with Gasteiger partial charge < -0.3 is 4.90 Å². The van der Waals surface area contributed by atoms with Crippen molar-refractivity contribution in [2.45, 2.75) is 25.7 Å². The van der Waals surface area contributed by atoms with E-state index in [4.69, 9.17) is 4.98 Å². The van der Waals surface area contributed by atoms with Gasteiger partial charge >= 0.3 is 0 Å². The topological polar surface area (TPSA) is 41.9 Å². The smallest absolute Gasteiger partial charge is 0.149 e. The van der Waals surface area contributed by atoms with Crippen LogP contribution in [-0.2, 0) is 0 Å². The van der Waals surface area contributed by atoms with Crippen molar-refractivity contribution in [3.05, 3.63) is 84.1 Å². The average molecular weight is 413 g/mol. The van der Waals surface area contributed by atoms with Crippen LogP contribution in [0.4, 0.5) is 5.82 Å². The molecule has 0 bridgehead atoms. The minimum Gasteiger partial charge on any atom is -0.357 e. The van der Waals surface area contributed by atoms with Crippen LogP contribution in [0.5, 0.6) is 0 Å². The van der Waals surface area contributed by atoms with Gasteiger partial charge in [-0.3, -0.25) is 0 Å². The van der Waals surface area contributed by atoms with E-state index in [1.165, 1.54) is 24.0 Å². The number of aryl methyl sites for hydroxylation is 1. The zero-order chi connectivity index (χ0) is 20.3. The summed E-state index contributed by atoms with van der Waals surface area (Å²) < 4.78 is 0. The Hall–Kier alpha value is -3.05. The number of pyridine rings is 1. The Labute approximate surface area is 181 Å². The molecule has 4 aromatic rings. The second kappa shape index (κ2) is 8.36. The fourth-order valence-corrected chi connectivity index (χ4v) is 4.86. The van der Waals surface area contributed by atoms with Gasteiger partial charge in [0.1, 0.15) is 15.8 Å². The van der Waals surface area contributed by atoms with Gasteiger partial charge in [-0.25, -0.2) is 4.98 Å². The average Bonchev–Trinajstić information content (AvgIpc) is 3.31. The summed E-state index contributed by atoms with van der Waals surface area (Å²) in [5.41, 5.74) is 4.83. The van der Waals surface area contributed by atoms with Crippen molar-refractivity contribution in [3.63, 3.8) is 0 Å². The molecule has 0 atom stereocenters. The highest BCUT2D eigenvalue weighted by Gasteiger charge is 2.21. The van der Waals surface area contributed by atoms with E-state index >= 15 is 0 Å². The summed E-state index contributed by atoms with van der Waals surface area (Å²) in [7, 11) is 0. The summed E-state index contributed by atoms with van der Waals surface area (Å²) >= 11 is 1.61. The molecular formula is C25H24N4S. The quantitative estimate of drug-likeness (QED) is 0.415. The Morgan fingerprint density at radius 2 is 1.47 bits per heavy atom. The van der Waals surface area contributed by atoms with E-state index in [0.29, 0.717) is 5.92 Å². The van der Waals surface area contributed by atoms with Gasteiger partial charge in [0, 0.05) is 30.4 Å². The highest BCUT2D eigenvalue weighted by molar-refractivity contribution is 7.17. The molecule has 1 aliphatic rings. The predicted octanol–water partition coefficient (Wildman–Crippen LogP) is 5.96. The van der Waals surface area contributed by atoms with Gasteiger partial charge in [-0.05, 0) is 43.4 Å². The molecule has 1 fully saturated rings. The number of piperidine rings is 1. The maximum Gasteiger partial charge on any atom is 0.149 e. The molecule has 0 aliphatic carbocycles. The van der Waals surface area contributed by atoms with Crippen LogP contribution in [0.1, 0.15) is 29.9 Å². The van der Waals surface area contributed by atoms with Crippen molar-refractivity contribution in [2.24, 2.45) is 0 Å². The number of nitrogens with zero attached hydrogens (tertiary/aromatic N) is 4. The van der Waals surface area contributed by atoms with E-state index < -0.39 is 0 Å². The van der Waals surface area contributed by atoms with Gasteiger partial charge in [0.2, 0.25) is 0 Å². The fourth-order valence-electron chi connectivity index (χ4n) is 4.02. The van der Waals surface area contributed by atoms with Gasteiger partial charge in [0.15, 0.2) is 0 Å². The molecule has 0 spiro atoms. The Morgan fingerprint density at radius 3 is 2.13 bits per heavy atom. The lowest BCUT2D eigenvalue weighted by Gasteiger charge is -2.33. The summed E-state index contributed by atoms with van der Waals surface area (Å²) in [5.74, 6) is 1.71. The largest absolute Gasteiger partial charge is 0.357 e. The molecule has 0 radical (unpaired) electrons. The summed E-state index contributed by atoms with van der Waals surface area (Å²) in [6, 6.07) is 23.5. The fraction of sp³-hybridized carbons (Fsp3) is 0.240. The Balaban J connectivity index is 1.26. The van der Waals surface area contributed by atoms with Crippen LogP contribution in [-0.4, -0.2) is 28.3 Å². The van der Waals surface area contributed by atoms with E-state index in [-0.39, 0.29) is 0 Å². The van der Waals surface area contributed by atoms with Crippen molar-refractivity contribution in [1.29, 1.82) is 0 Å². The first-order chi connectivity index (χ1) is 14.8. The van der Waals surface area contributed by atoms with Crippen LogP contribution in [0, 0.1) is 6.92 Å². The van der Waals surface area contributed by atoms with Gasteiger partial charge in [0.05, 0.1) is 0 Å². The number of hydrogen-bond donors (Lipinski definition) is 0. The number of aromatic nitrogens is 3. The molecule has 30 heavy (non-hydrogen) atoms. The molecule has 0 saturated carbocycles. The number of rotatable bonds is 4. The van der Waals surface area contributed by atoms with Crippen LogP contribution in [0.25, 0.3) is 21.1 Å². The summed E-state index contributed by atoms with van der Waals surface area (Å²) in [6.45, 7) is 4.18. The lowest BCUT2D eigenvalue weighted by molar-refractivity contribution is 0.503. The molecule has 0 amide bonds. The third-order valence-electron chi connectivity index (χ3n) is 5.81. The minimum absolute atomic E-state index is 0.656. The first-order valence-electron chi connectivity index (χ1n) is 10.4. The molecule has 1 saturated heterocycles. The monoisotopic (exact) mass is 412 g/mol. The van der Waals surface area contributed by atoms with Gasteiger partial charge in [0.25, 0.3) is 0 Å². The first-order valence-corrected chi connectivity index (χ1v) is 11.2. The van der Waals surface area contributed by atoms with Crippen molar-refractivity contribution in [2.75, 3.05) is 18.0 Å². The molecule has 1 aliphatic heterocycles. The Morgan fingerprint density at radius 1 is 0.800 bits per heavy atom. The lowest BCUT2D eigenvalue weighted by atomic mass is 9.89. The molecule has 2 aromatic heterocycles. The van der Waals surface area contributed by atoms with E-state index in [0.717, 1.165) is 40.0 Å². The van der Waals surface area contributed by atoms with Crippen LogP contribution in [0.15, 0.2) is 72.9 Å². The van der Waals surface area contributed by atoms with Crippen molar-refractivity contribution in [1.82, 2.24) is 15.2 Å². The van der Waals surface area contributed by atoms with Crippen LogP contribution >= 0.6 is 11.3 Å². The molecule has 5 heteroatoms. The number of benzene rings is 2. The van der Waals surface area contributed by atoms with E-state index in [1.54, 1.807) is 11.3 Å².